The number of anilines is 1. The minimum absolute atomic E-state index is 0.123. The minimum atomic E-state index is -0.570. The van der Waals surface area contributed by atoms with Gasteiger partial charge in [-0.1, -0.05) is 32.9 Å². The molecule has 0 spiro atoms. The molecule has 0 atom stereocenters. The third-order valence-electron chi connectivity index (χ3n) is 5.86. The summed E-state index contributed by atoms with van der Waals surface area (Å²) in [6.07, 6.45) is 6.19. The largest absolute Gasteiger partial charge is 0.317 e. The van der Waals surface area contributed by atoms with E-state index in [2.05, 4.69) is 49.4 Å². The van der Waals surface area contributed by atoms with Gasteiger partial charge in [-0.2, -0.15) is 5.10 Å². The number of hydrogen-bond donors (Lipinski definition) is 1. The van der Waals surface area contributed by atoms with Crippen LogP contribution in [0.5, 0.6) is 0 Å². The summed E-state index contributed by atoms with van der Waals surface area (Å²) in [5.74, 6) is 0.185. The van der Waals surface area contributed by atoms with Crippen LogP contribution < -0.4 is 10.2 Å². The third kappa shape index (κ3) is 2.75. The molecule has 1 aromatic heterocycles. The van der Waals surface area contributed by atoms with E-state index in [0.717, 1.165) is 44.6 Å². The first-order valence-corrected chi connectivity index (χ1v) is 9.58. The molecule has 1 fully saturated rings. The number of aromatic nitrogens is 2. The van der Waals surface area contributed by atoms with Crippen molar-refractivity contribution in [1.82, 2.24) is 15.1 Å². The Labute approximate surface area is 155 Å². The molecule has 3 heterocycles. The predicted molar refractivity (Wildman–Crippen MR) is 104 cm³/mol. The molecule has 1 saturated heterocycles. The first-order valence-electron chi connectivity index (χ1n) is 9.58. The molecular formula is C21H28N4O. The van der Waals surface area contributed by atoms with Crippen LogP contribution in [0.4, 0.5) is 5.69 Å². The molecule has 26 heavy (non-hydrogen) atoms. The Hall–Kier alpha value is -2.14. The number of carbonyl (C=O) groups excluding carboxylic acids is 1. The second-order valence-electron chi connectivity index (χ2n) is 8.53. The molecule has 2 aromatic rings. The van der Waals surface area contributed by atoms with Gasteiger partial charge in [0, 0.05) is 24.6 Å². The van der Waals surface area contributed by atoms with Crippen LogP contribution in [0.25, 0.3) is 0 Å². The number of amides is 1. The van der Waals surface area contributed by atoms with E-state index in [9.17, 15) is 4.79 Å². The van der Waals surface area contributed by atoms with Crippen molar-refractivity contribution in [2.75, 3.05) is 24.5 Å². The summed E-state index contributed by atoms with van der Waals surface area (Å²) in [6.45, 7) is 9.14. The quantitative estimate of drug-likeness (QED) is 0.904. The third-order valence-corrected chi connectivity index (χ3v) is 5.86. The Balaban J connectivity index is 1.69. The van der Waals surface area contributed by atoms with Crippen LogP contribution in [-0.2, 0) is 22.2 Å². The number of hydrogen-bond acceptors (Lipinski definition) is 3. The van der Waals surface area contributed by atoms with E-state index in [1.807, 2.05) is 21.8 Å². The van der Waals surface area contributed by atoms with Gasteiger partial charge in [0.05, 0.1) is 0 Å². The summed E-state index contributed by atoms with van der Waals surface area (Å²) in [4.78, 5) is 15.7. The molecule has 5 heteroatoms. The maximum atomic E-state index is 13.7. The fourth-order valence-corrected chi connectivity index (χ4v) is 4.23. The molecule has 1 amide bonds. The van der Waals surface area contributed by atoms with Gasteiger partial charge in [-0.25, -0.2) is 0 Å². The zero-order valence-electron chi connectivity index (χ0n) is 16.0. The predicted octanol–water partition coefficient (Wildman–Crippen LogP) is 2.85. The van der Waals surface area contributed by atoms with E-state index in [-0.39, 0.29) is 11.3 Å². The molecule has 5 nitrogen and oxygen atoms in total. The molecule has 0 bridgehead atoms. The van der Waals surface area contributed by atoms with E-state index in [1.54, 1.807) is 6.20 Å². The van der Waals surface area contributed by atoms with E-state index in [1.165, 1.54) is 11.1 Å². The summed E-state index contributed by atoms with van der Waals surface area (Å²) in [5, 5.41) is 7.83. The topological polar surface area (TPSA) is 50.2 Å². The average Bonchev–Trinajstić information content (AvgIpc) is 3.30. The normalized spacial score (nSPS) is 19.4. The highest BCUT2D eigenvalue weighted by atomic mass is 16.2. The van der Waals surface area contributed by atoms with Gasteiger partial charge < -0.3 is 10.2 Å². The summed E-state index contributed by atoms with van der Waals surface area (Å²) >= 11 is 0. The maximum Gasteiger partial charge on any atom is 0.255 e. The highest BCUT2D eigenvalue weighted by Crippen LogP contribution is 2.37. The van der Waals surface area contributed by atoms with E-state index >= 15 is 0 Å². The molecule has 0 radical (unpaired) electrons. The first kappa shape index (κ1) is 17.3. The lowest BCUT2D eigenvalue weighted by Crippen LogP contribution is -2.55. The van der Waals surface area contributed by atoms with Crippen molar-refractivity contribution in [2.45, 2.75) is 51.0 Å². The Bertz CT molecular complexity index is 798. The molecule has 1 N–H and O–H groups in total. The van der Waals surface area contributed by atoms with Gasteiger partial charge in [-0.05, 0) is 61.0 Å². The summed E-state index contributed by atoms with van der Waals surface area (Å²) in [5.41, 5.74) is 3.24. The monoisotopic (exact) mass is 352 g/mol. The fourth-order valence-electron chi connectivity index (χ4n) is 4.23. The zero-order chi connectivity index (χ0) is 18.4. The van der Waals surface area contributed by atoms with E-state index in [0.29, 0.717) is 0 Å². The van der Waals surface area contributed by atoms with Crippen molar-refractivity contribution in [3.63, 3.8) is 0 Å². The van der Waals surface area contributed by atoms with Crippen molar-refractivity contribution in [3.8, 4) is 0 Å². The number of fused-ring (bicyclic) bond motifs is 1. The summed E-state index contributed by atoms with van der Waals surface area (Å²) < 4.78 is 1.89. The lowest BCUT2D eigenvalue weighted by molar-refractivity contribution is -0.129. The fraction of sp³-hybridized carbons (Fsp3) is 0.524. The molecule has 2 aliphatic rings. The lowest BCUT2D eigenvalue weighted by Gasteiger charge is -2.39. The molecular weight excluding hydrogens is 324 g/mol. The molecule has 1 aromatic carbocycles. The first-order chi connectivity index (χ1) is 12.4. The van der Waals surface area contributed by atoms with Gasteiger partial charge in [0.15, 0.2) is 0 Å². The van der Waals surface area contributed by atoms with Gasteiger partial charge in [-0.3, -0.25) is 9.48 Å². The van der Waals surface area contributed by atoms with E-state index < -0.39 is 5.54 Å². The number of carbonyl (C=O) groups is 1. The Morgan fingerprint density at radius 3 is 2.65 bits per heavy atom. The zero-order valence-corrected chi connectivity index (χ0v) is 16.0. The van der Waals surface area contributed by atoms with Crippen LogP contribution in [0.1, 0.15) is 44.7 Å². The van der Waals surface area contributed by atoms with Gasteiger partial charge >= 0.3 is 0 Å². The smallest absolute Gasteiger partial charge is 0.255 e. The van der Waals surface area contributed by atoms with Crippen LogP contribution in [-0.4, -0.2) is 35.3 Å². The molecule has 2 aliphatic heterocycles. The Kier molecular flexibility index (Phi) is 4.14. The van der Waals surface area contributed by atoms with Crippen LogP contribution in [0.2, 0.25) is 0 Å². The van der Waals surface area contributed by atoms with Gasteiger partial charge in [-0.15, -0.1) is 0 Å². The molecule has 0 aliphatic carbocycles. The molecule has 0 unspecified atom stereocenters. The van der Waals surface area contributed by atoms with E-state index in [4.69, 9.17) is 0 Å². The molecule has 138 valence electrons. The van der Waals surface area contributed by atoms with Crippen LogP contribution in [0.15, 0.2) is 36.7 Å². The SMILES string of the molecule is CC(C)(C)c1ccc2c(c1)CCN2C(=O)C1(n2cccn2)CCNCC1. The highest BCUT2D eigenvalue weighted by molar-refractivity contribution is 6.00. The van der Waals surface area contributed by atoms with Crippen LogP contribution in [0.3, 0.4) is 0 Å². The summed E-state index contributed by atoms with van der Waals surface area (Å²) in [7, 11) is 0. The van der Waals surface area contributed by atoms with Gasteiger partial charge in [0.2, 0.25) is 0 Å². The van der Waals surface area contributed by atoms with Crippen molar-refractivity contribution < 1.29 is 4.79 Å². The second kappa shape index (κ2) is 6.23. The van der Waals surface area contributed by atoms with Crippen LogP contribution in [0, 0.1) is 0 Å². The molecule has 4 rings (SSSR count). The van der Waals surface area contributed by atoms with Gasteiger partial charge in [0.25, 0.3) is 5.91 Å². The van der Waals surface area contributed by atoms with Crippen molar-refractivity contribution >= 4 is 11.6 Å². The Morgan fingerprint density at radius 1 is 1.23 bits per heavy atom. The highest BCUT2D eigenvalue weighted by Gasteiger charge is 2.46. The lowest BCUT2D eigenvalue weighted by atomic mass is 9.85. The summed E-state index contributed by atoms with van der Waals surface area (Å²) in [6, 6.07) is 8.50. The van der Waals surface area contributed by atoms with Crippen molar-refractivity contribution in [3.05, 3.63) is 47.8 Å². The number of piperidine rings is 1. The van der Waals surface area contributed by atoms with Gasteiger partial charge in [0.1, 0.15) is 5.54 Å². The standard InChI is InChI=1S/C21H28N4O/c1-20(2,3)17-5-6-18-16(15-17)7-14-24(18)19(26)21(8-11-22-12-9-21)25-13-4-10-23-25/h4-6,10,13,15,22H,7-9,11-12,14H2,1-3H3. The average molecular weight is 352 g/mol. The van der Waals surface area contributed by atoms with Crippen molar-refractivity contribution in [1.29, 1.82) is 0 Å². The van der Waals surface area contributed by atoms with Crippen LogP contribution >= 0.6 is 0 Å². The number of nitrogens with one attached hydrogen (secondary N) is 1. The van der Waals surface area contributed by atoms with Crippen molar-refractivity contribution in [2.24, 2.45) is 0 Å². The number of nitrogens with zero attached hydrogens (tertiary/aromatic N) is 3. The minimum Gasteiger partial charge on any atom is -0.317 e. The molecule has 0 saturated carbocycles. The number of rotatable bonds is 2. The Morgan fingerprint density at radius 2 is 2.00 bits per heavy atom. The maximum absolute atomic E-state index is 13.7. The second-order valence-corrected chi connectivity index (χ2v) is 8.53. The number of benzene rings is 1.